The van der Waals surface area contributed by atoms with E-state index in [1.54, 1.807) is 23.8 Å². The van der Waals surface area contributed by atoms with Crippen molar-refractivity contribution in [1.29, 1.82) is 0 Å². The van der Waals surface area contributed by atoms with Gasteiger partial charge in [-0.2, -0.15) is 0 Å². The van der Waals surface area contributed by atoms with Crippen molar-refractivity contribution in [3.8, 4) is 5.75 Å². The predicted octanol–water partition coefficient (Wildman–Crippen LogP) is 4.85. The number of ether oxygens (including phenoxy) is 1. The van der Waals surface area contributed by atoms with Crippen molar-refractivity contribution in [1.82, 2.24) is 4.90 Å². The first-order chi connectivity index (χ1) is 12.6. The smallest absolute Gasteiger partial charge is 0.232 e. The lowest BCUT2D eigenvalue weighted by Gasteiger charge is -2.28. The maximum absolute atomic E-state index is 12.8. The van der Waals surface area contributed by atoms with Crippen molar-refractivity contribution in [2.45, 2.75) is 19.8 Å². The number of carbonyl (C=O) groups excluding carboxylic acids is 1. The molecular formula is C20H21ClN2O2S. The van der Waals surface area contributed by atoms with Gasteiger partial charge in [-0.15, -0.1) is 0 Å². The average molecular weight is 389 g/mol. The topological polar surface area (TPSA) is 41.9 Å². The Morgan fingerprint density at radius 2 is 2.04 bits per heavy atom. The molecule has 0 bridgehead atoms. The van der Waals surface area contributed by atoms with E-state index < -0.39 is 0 Å². The Balaban J connectivity index is 1.77. The van der Waals surface area contributed by atoms with Gasteiger partial charge in [0.2, 0.25) is 5.91 Å². The molecule has 1 aliphatic heterocycles. The first-order valence-corrected chi connectivity index (χ1v) is 9.84. The van der Waals surface area contributed by atoms with E-state index in [0.29, 0.717) is 18.0 Å². The minimum atomic E-state index is 0.0549. The molecule has 0 radical (unpaired) electrons. The molecule has 1 aliphatic rings. The van der Waals surface area contributed by atoms with Crippen LogP contribution in [0, 0.1) is 6.92 Å². The number of aliphatic imine (C=N–C) groups is 1. The zero-order valence-electron chi connectivity index (χ0n) is 14.9. The van der Waals surface area contributed by atoms with Crippen molar-refractivity contribution in [3.05, 3.63) is 58.6 Å². The first kappa shape index (κ1) is 18.8. The second-order valence-electron chi connectivity index (χ2n) is 6.10. The van der Waals surface area contributed by atoms with Gasteiger partial charge in [0.25, 0.3) is 0 Å². The fourth-order valence-corrected chi connectivity index (χ4v) is 3.81. The molecular weight excluding hydrogens is 368 g/mol. The number of amidine groups is 1. The number of hydrogen-bond acceptors (Lipinski definition) is 4. The van der Waals surface area contributed by atoms with Crippen molar-refractivity contribution in [2.24, 2.45) is 4.99 Å². The van der Waals surface area contributed by atoms with Gasteiger partial charge in [-0.1, -0.05) is 41.6 Å². The summed E-state index contributed by atoms with van der Waals surface area (Å²) >= 11 is 7.81. The highest BCUT2D eigenvalue weighted by molar-refractivity contribution is 8.13. The number of thioether (sulfide) groups is 1. The van der Waals surface area contributed by atoms with Gasteiger partial charge in [0.05, 0.1) is 19.2 Å². The van der Waals surface area contributed by atoms with E-state index in [-0.39, 0.29) is 5.91 Å². The Morgan fingerprint density at radius 3 is 2.73 bits per heavy atom. The molecule has 136 valence electrons. The Labute approximate surface area is 163 Å². The molecule has 3 rings (SSSR count). The highest BCUT2D eigenvalue weighted by atomic mass is 35.5. The van der Waals surface area contributed by atoms with Gasteiger partial charge in [0.15, 0.2) is 5.17 Å². The molecule has 0 unspecified atom stereocenters. The number of amides is 1. The Hall–Kier alpha value is -1.98. The molecule has 1 amide bonds. The molecule has 0 N–H and O–H groups in total. The van der Waals surface area contributed by atoms with E-state index in [1.807, 2.05) is 49.4 Å². The van der Waals surface area contributed by atoms with Crippen LogP contribution < -0.4 is 4.74 Å². The number of hydrogen-bond donors (Lipinski definition) is 0. The molecule has 0 spiro atoms. The minimum absolute atomic E-state index is 0.0549. The molecule has 2 aromatic rings. The van der Waals surface area contributed by atoms with E-state index in [4.69, 9.17) is 16.3 Å². The molecule has 0 aliphatic carbocycles. The third-order valence-corrected chi connectivity index (χ3v) is 5.65. The molecule has 0 aromatic heterocycles. The fraction of sp³-hybridized carbons (Fsp3) is 0.300. The van der Waals surface area contributed by atoms with Crippen molar-refractivity contribution in [2.75, 3.05) is 19.4 Å². The Bertz CT molecular complexity index is 821. The van der Waals surface area contributed by atoms with Crippen LogP contribution in [-0.4, -0.2) is 35.4 Å². The lowest BCUT2D eigenvalue weighted by Crippen LogP contribution is -2.40. The summed E-state index contributed by atoms with van der Waals surface area (Å²) < 4.78 is 5.16. The molecule has 0 atom stereocenters. The van der Waals surface area contributed by atoms with Crippen molar-refractivity contribution < 1.29 is 9.53 Å². The number of aryl methyl sites for hydroxylation is 1. The highest BCUT2D eigenvalue weighted by Gasteiger charge is 2.23. The lowest BCUT2D eigenvalue weighted by molar-refractivity contribution is -0.126. The number of carbonyl (C=O) groups is 1. The lowest BCUT2D eigenvalue weighted by atomic mass is 10.1. The summed E-state index contributed by atoms with van der Waals surface area (Å²) in [5, 5.41) is 1.43. The number of rotatable bonds is 4. The molecule has 2 aromatic carbocycles. The van der Waals surface area contributed by atoms with Crippen LogP contribution in [0.4, 0.5) is 5.69 Å². The standard InChI is InChI=1S/C20H21ClN2O2S/c1-14-4-7-16(13-18(14)21)22-20-23(10-3-11-26-20)19(24)12-15-5-8-17(25-2)9-6-15/h4-9,13H,3,10-12H2,1-2H3. The van der Waals surface area contributed by atoms with Gasteiger partial charge in [0.1, 0.15) is 5.75 Å². The molecule has 4 nitrogen and oxygen atoms in total. The quantitative estimate of drug-likeness (QED) is 0.751. The van der Waals surface area contributed by atoms with E-state index in [0.717, 1.165) is 39.9 Å². The summed E-state index contributed by atoms with van der Waals surface area (Å²) in [5.41, 5.74) is 2.75. The summed E-state index contributed by atoms with van der Waals surface area (Å²) in [7, 11) is 1.63. The van der Waals surface area contributed by atoms with Crippen molar-refractivity contribution >= 4 is 40.1 Å². The molecule has 26 heavy (non-hydrogen) atoms. The summed E-state index contributed by atoms with van der Waals surface area (Å²) in [6.45, 7) is 2.65. The minimum Gasteiger partial charge on any atom is -0.497 e. The van der Waals surface area contributed by atoms with Gasteiger partial charge in [-0.25, -0.2) is 4.99 Å². The van der Waals surface area contributed by atoms with Crippen LogP contribution in [0.1, 0.15) is 17.5 Å². The second-order valence-corrected chi connectivity index (χ2v) is 7.57. The third-order valence-electron chi connectivity index (χ3n) is 4.18. The van der Waals surface area contributed by atoms with Crippen LogP contribution >= 0.6 is 23.4 Å². The van der Waals surface area contributed by atoms with Crippen molar-refractivity contribution in [3.63, 3.8) is 0 Å². The maximum Gasteiger partial charge on any atom is 0.232 e. The highest BCUT2D eigenvalue weighted by Crippen LogP contribution is 2.26. The first-order valence-electron chi connectivity index (χ1n) is 8.48. The Kier molecular flexibility index (Phi) is 6.22. The number of methoxy groups -OCH3 is 1. The van der Waals surface area contributed by atoms with Crippen LogP contribution in [0.3, 0.4) is 0 Å². The molecule has 1 fully saturated rings. The largest absolute Gasteiger partial charge is 0.497 e. The van der Waals surface area contributed by atoms with Gasteiger partial charge in [-0.3, -0.25) is 9.69 Å². The van der Waals surface area contributed by atoms with Crippen LogP contribution in [0.2, 0.25) is 5.02 Å². The molecule has 6 heteroatoms. The number of halogens is 1. The third kappa shape index (κ3) is 4.59. The summed E-state index contributed by atoms with van der Waals surface area (Å²) in [4.78, 5) is 19.3. The summed E-state index contributed by atoms with van der Waals surface area (Å²) in [5.74, 6) is 1.80. The van der Waals surface area contributed by atoms with E-state index in [1.165, 1.54) is 0 Å². The number of benzene rings is 2. The van der Waals surface area contributed by atoms with E-state index in [9.17, 15) is 4.79 Å². The van der Waals surface area contributed by atoms with E-state index in [2.05, 4.69) is 4.99 Å². The van der Waals surface area contributed by atoms with Gasteiger partial charge in [-0.05, 0) is 48.7 Å². The van der Waals surface area contributed by atoms with Gasteiger partial charge >= 0.3 is 0 Å². The van der Waals surface area contributed by atoms with Crippen LogP contribution in [0.5, 0.6) is 5.75 Å². The zero-order valence-corrected chi connectivity index (χ0v) is 16.4. The summed E-state index contributed by atoms with van der Waals surface area (Å²) in [6, 6.07) is 13.3. The summed E-state index contributed by atoms with van der Waals surface area (Å²) in [6.07, 6.45) is 1.31. The van der Waals surface area contributed by atoms with Crippen LogP contribution in [0.15, 0.2) is 47.5 Å². The average Bonchev–Trinajstić information content (AvgIpc) is 2.66. The van der Waals surface area contributed by atoms with Crippen LogP contribution in [0.25, 0.3) is 0 Å². The monoisotopic (exact) mass is 388 g/mol. The molecule has 1 saturated heterocycles. The van der Waals surface area contributed by atoms with E-state index >= 15 is 0 Å². The normalized spacial score (nSPS) is 16.0. The van der Waals surface area contributed by atoms with Gasteiger partial charge in [0, 0.05) is 17.3 Å². The fourth-order valence-electron chi connectivity index (χ4n) is 2.66. The zero-order chi connectivity index (χ0) is 18.5. The second kappa shape index (κ2) is 8.60. The molecule has 1 heterocycles. The SMILES string of the molecule is COc1ccc(CC(=O)N2CCCSC2=Nc2ccc(C)c(Cl)c2)cc1. The predicted molar refractivity (Wildman–Crippen MR) is 109 cm³/mol. The molecule has 0 saturated carbocycles. The van der Waals surface area contributed by atoms with Gasteiger partial charge < -0.3 is 4.74 Å². The number of nitrogens with zero attached hydrogens (tertiary/aromatic N) is 2. The van der Waals surface area contributed by atoms with Crippen LogP contribution in [-0.2, 0) is 11.2 Å². The Morgan fingerprint density at radius 1 is 1.27 bits per heavy atom. The maximum atomic E-state index is 12.8.